The molecule has 2 fully saturated rings. The summed E-state index contributed by atoms with van der Waals surface area (Å²) in [7, 11) is 1.66. The van der Waals surface area contributed by atoms with Gasteiger partial charge in [0.1, 0.15) is 18.0 Å². The average molecular weight is 472 g/mol. The fraction of sp³-hybridized carbons (Fsp3) is 0.296. The summed E-state index contributed by atoms with van der Waals surface area (Å²) in [6, 6.07) is 17.4. The lowest BCUT2D eigenvalue weighted by Gasteiger charge is -2.29. The third-order valence-corrected chi connectivity index (χ3v) is 7.08. The number of nitrogens with one attached hydrogen (secondary N) is 2. The molecule has 0 spiro atoms. The highest BCUT2D eigenvalue weighted by atomic mass is 16.5. The molecular formula is C27H25N3O5. The van der Waals surface area contributed by atoms with E-state index in [4.69, 9.17) is 9.47 Å². The monoisotopic (exact) mass is 471 g/mol. The fourth-order valence-corrected chi connectivity index (χ4v) is 5.19. The first-order valence-corrected chi connectivity index (χ1v) is 11.7. The van der Waals surface area contributed by atoms with Crippen molar-refractivity contribution in [2.24, 2.45) is 0 Å². The van der Waals surface area contributed by atoms with E-state index in [1.807, 2.05) is 30.3 Å². The third kappa shape index (κ3) is 3.84. The van der Waals surface area contributed by atoms with Crippen LogP contribution in [0.3, 0.4) is 0 Å². The predicted molar refractivity (Wildman–Crippen MR) is 128 cm³/mol. The number of hydrogen-bond acceptors (Lipinski definition) is 6. The lowest BCUT2D eigenvalue weighted by Crippen LogP contribution is -2.52. The van der Waals surface area contributed by atoms with Gasteiger partial charge in [0, 0.05) is 25.1 Å². The summed E-state index contributed by atoms with van der Waals surface area (Å²) in [6.07, 6.45) is 0.203. The second-order valence-corrected chi connectivity index (χ2v) is 9.20. The Balaban J connectivity index is 1.18. The van der Waals surface area contributed by atoms with Crippen molar-refractivity contribution < 1.29 is 23.9 Å². The summed E-state index contributed by atoms with van der Waals surface area (Å²) in [5.41, 5.74) is 3.50. The molecule has 3 aromatic rings. The lowest BCUT2D eigenvalue weighted by atomic mass is 10.0. The van der Waals surface area contributed by atoms with Crippen LogP contribution >= 0.6 is 0 Å². The summed E-state index contributed by atoms with van der Waals surface area (Å²) < 4.78 is 11.7. The van der Waals surface area contributed by atoms with Crippen LogP contribution in [0.25, 0.3) is 10.8 Å². The number of hydrogen-bond donors (Lipinski definition) is 2. The smallest absolute Gasteiger partial charge is 0.255 e. The number of carbonyl (C=O) groups excluding carboxylic acids is 3. The van der Waals surface area contributed by atoms with Crippen molar-refractivity contribution in [2.45, 2.75) is 37.8 Å². The molecule has 3 atom stereocenters. The number of imide groups is 1. The van der Waals surface area contributed by atoms with E-state index in [0.29, 0.717) is 25.1 Å². The van der Waals surface area contributed by atoms with Crippen molar-refractivity contribution in [3.63, 3.8) is 0 Å². The first-order chi connectivity index (χ1) is 17.0. The summed E-state index contributed by atoms with van der Waals surface area (Å²) in [6.45, 7) is 1.02. The first kappa shape index (κ1) is 21.8. The van der Waals surface area contributed by atoms with Crippen molar-refractivity contribution in [2.75, 3.05) is 13.7 Å². The third-order valence-electron chi connectivity index (χ3n) is 7.08. The van der Waals surface area contributed by atoms with E-state index in [1.54, 1.807) is 18.1 Å². The number of piperidine rings is 1. The quantitative estimate of drug-likeness (QED) is 0.568. The van der Waals surface area contributed by atoms with Crippen LogP contribution in [0.5, 0.6) is 5.75 Å². The molecule has 0 radical (unpaired) electrons. The predicted octanol–water partition coefficient (Wildman–Crippen LogP) is 2.97. The van der Waals surface area contributed by atoms with Gasteiger partial charge in [0.25, 0.3) is 5.91 Å². The Hall–Kier alpha value is -3.75. The molecule has 6 rings (SSSR count). The highest BCUT2D eigenvalue weighted by Crippen LogP contribution is 2.35. The Morgan fingerprint density at radius 3 is 2.60 bits per heavy atom. The summed E-state index contributed by atoms with van der Waals surface area (Å²) in [5.74, 6) is -0.0367. The molecule has 3 aliphatic rings. The second kappa shape index (κ2) is 8.48. The maximum absolute atomic E-state index is 12.9. The van der Waals surface area contributed by atoms with E-state index in [1.165, 1.54) is 0 Å². The van der Waals surface area contributed by atoms with Crippen LogP contribution in [-0.2, 0) is 20.9 Å². The zero-order valence-corrected chi connectivity index (χ0v) is 19.2. The van der Waals surface area contributed by atoms with Gasteiger partial charge in [-0.15, -0.1) is 0 Å². The van der Waals surface area contributed by atoms with Gasteiger partial charge in [0.15, 0.2) is 0 Å². The highest BCUT2D eigenvalue weighted by Gasteiger charge is 2.39. The maximum Gasteiger partial charge on any atom is 0.255 e. The minimum absolute atomic E-state index is 0.0960. The summed E-state index contributed by atoms with van der Waals surface area (Å²) in [5, 5.41) is 8.01. The highest BCUT2D eigenvalue weighted by molar-refractivity contribution is 6.05. The Kier molecular flexibility index (Phi) is 5.27. The molecule has 3 aliphatic heterocycles. The van der Waals surface area contributed by atoms with Gasteiger partial charge in [-0.2, -0.15) is 0 Å². The number of fused-ring (bicyclic) bond motifs is 2. The average Bonchev–Trinajstić information content (AvgIpc) is 3.48. The van der Waals surface area contributed by atoms with E-state index in [-0.39, 0.29) is 30.6 Å². The molecule has 35 heavy (non-hydrogen) atoms. The van der Waals surface area contributed by atoms with Crippen LogP contribution in [0.2, 0.25) is 0 Å². The van der Waals surface area contributed by atoms with Crippen molar-refractivity contribution in [3.05, 3.63) is 76.9 Å². The van der Waals surface area contributed by atoms with Gasteiger partial charge in [0.2, 0.25) is 11.8 Å². The SMILES string of the molecule is COc1ccc2cc(C3CNC(c4ccc5c(c4)CN(C4CCC(=O)NC4=O)C5=O)O3)ccc2c1. The Morgan fingerprint density at radius 1 is 0.971 bits per heavy atom. The molecular weight excluding hydrogens is 446 g/mol. The molecule has 8 heteroatoms. The van der Waals surface area contributed by atoms with Crippen molar-refractivity contribution in [1.29, 1.82) is 0 Å². The maximum atomic E-state index is 12.9. The normalized spacial score (nSPS) is 24.1. The Labute approximate surface area is 202 Å². The molecule has 3 aromatic carbocycles. The number of benzene rings is 3. The van der Waals surface area contributed by atoms with Crippen LogP contribution in [0.4, 0.5) is 0 Å². The number of ether oxygens (including phenoxy) is 2. The molecule has 0 saturated carbocycles. The zero-order chi connectivity index (χ0) is 24.1. The van der Waals surface area contributed by atoms with Crippen LogP contribution in [0.1, 0.15) is 52.2 Å². The van der Waals surface area contributed by atoms with E-state index >= 15 is 0 Å². The molecule has 3 heterocycles. The largest absolute Gasteiger partial charge is 0.497 e. The Morgan fingerprint density at radius 2 is 1.77 bits per heavy atom. The molecule has 2 saturated heterocycles. The van der Waals surface area contributed by atoms with Crippen molar-refractivity contribution in [3.8, 4) is 5.75 Å². The molecule has 0 aliphatic carbocycles. The van der Waals surface area contributed by atoms with E-state index in [0.717, 1.165) is 33.2 Å². The molecule has 0 bridgehead atoms. The van der Waals surface area contributed by atoms with Crippen LogP contribution in [0, 0.1) is 0 Å². The number of amides is 3. The van der Waals surface area contributed by atoms with Gasteiger partial charge in [-0.3, -0.25) is 25.0 Å². The number of nitrogens with zero attached hydrogens (tertiary/aromatic N) is 1. The first-order valence-electron chi connectivity index (χ1n) is 11.7. The molecule has 8 nitrogen and oxygen atoms in total. The standard InChI is InChI=1S/C27H25N3O5/c1-34-20-6-4-15-10-17(3-2-16(15)12-20)23-13-28-26(35-23)18-5-7-21-19(11-18)14-30(27(21)33)22-8-9-24(31)29-25(22)32/h2-7,10-12,22-23,26,28H,8-9,13-14H2,1H3,(H,29,31,32). The second-order valence-electron chi connectivity index (χ2n) is 9.20. The van der Waals surface area contributed by atoms with Gasteiger partial charge >= 0.3 is 0 Å². The lowest BCUT2D eigenvalue weighted by molar-refractivity contribution is -0.136. The minimum atomic E-state index is -0.617. The Bertz CT molecular complexity index is 1370. The number of carbonyl (C=O) groups is 3. The van der Waals surface area contributed by atoms with Gasteiger partial charge in [0.05, 0.1) is 13.2 Å². The molecule has 3 unspecified atom stereocenters. The molecule has 0 aromatic heterocycles. The molecule has 178 valence electrons. The topological polar surface area (TPSA) is 97.0 Å². The van der Waals surface area contributed by atoms with E-state index in [2.05, 4.69) is 28.8 Å². The minimum Gasteiger partial charge on any atom is -0.497 e. The van der Waals surface area contributed by atoms with Gasteiger partial charge in [-0.05, 0) is 64.2 Å². The summed E-state index contributed by atoms with van der Waals surface area (Å²) in [4.78, 5) is 38.3. The summed E-state index contributed by atoms with van der Waals surface area (Å²) >= 11 is 0. The van der Waals surface area contributed by atoms with Crippen molar-refractivity contribution >= 4 is 28.5 Å². The van der Waals surface area contributed by atoms with Gasteiger partial charge in [-0.25, -0.2) is 0 Å². The molecule has 2 N–H and O–H groups in total. The van der Waals surface area contributed by atoms with Gasteiger partial charge < -0.3 is 14.4 Å². The van der Waals surface area contributed by atoms with Gasteiger partial charge in [-0.1, -0.05) is 24.3 Å². The van der Waals surface area contributed by atoms with Crippen molar-refractivity contribution in [1.82, 2.24) is 15.5 Å². The number of rotatable bonds is 4. The fourth-order valence-electron chi connectivity index (χ4n) is 5.19. The molecule has 3 amide bonds. The number of methoxy groups -OCH3 is 1. The van der Waals surface area contributed by atoms with Crippen LogP contribution in [-0.4, -0.2) is 42.3 Å². The zero-order valence-electron chi connectivity index (χ0n) is 19.2. The van der Waals surface area contributed by atoms with E-state index < -0.39 is 11.9 Å². The van der Waals surface area contributed by atoms with E-state index in [9.17, 15) is 14.4 Å². The van der Waals surface area contributed by atoms with Crippen LogP contribution < -0.4 is 15.4 Å². The van der Waals surface area contributed by atoms with Crippen LogP contribution in [0.15, 0.2) is 54.6 Å².